The van der Waals surface area contributed by atoms with Gasteiger partial charge in [-0.25, -0.2) is 0 Å². The second kappa shape index (κ2) is 8.74. The van der Waals surface area contributed by atoms with E-state index in [0.29, 0.717) is 23.9 Å². The smallest absolute Gasteiger partial charge is 0.203 e. The van der Waals surface area contributed by atoms with Gasteiger partial charge in [0.05, 0.1) is 21.3 Å². The molecule has 1 aliphatic heterocycles. The van der Waals surface area contributed by atoms with Crippen molar-refractivity contribution in [3.63, 3.8) is 0 Å². The number of carbonyl (C=O) groups is 1. The highest BCUT2D eigenvalue weighted by molar-refractivity contribution is 5.82. The number of rotatable bonds is 8. The van der Waals surface area contributed by atoms with E-state index in [0.717, 1.165) is 24.8 Å². The predicted octanol–water partition coefficient (Wildman–Crippen LogP) is 2.37. The summed E-state index contributed by atoms with van der Waals surface area (Å²) in [6.45, 7) is 0.743. The average Bonchev–Trinajstić information content (AvgIpc) is 2.59. The molecule has 6 nitrogen and oxygen atoms in total. The first-order chi connectivity index (χ1) is 11.2. The molecule has 1 atom stereocenters. The van der Waals surface area contributed by atoms with Crippen LogP contribution >= 0.6 is 0 Å². The normalized spacial score (nSPS) is 17.6. The third kappa shape index (κ3) is 4.84. The molecule has 1 aliphatic rings. The number of ketones is 1. The molecule has 1 saturated heterocycles. The number of benzene rings is 1. The van der Waals surface area contributed by atoms with Gasteiger partial charge >= 0.3 is 0 Å². The number of carbonyl (C=O) groups excluding carboxylic acids is 1. The highest BCUT2D eigenvalue weighted by Crippen LogP contribution is 2.38. The zero-order valence-electron chi connectivity index (χ0n) is 13.9. The fourth-order valence-corrected chi connectivity index (χ4v) is 2.54. The summed E-state index contributed by atoms with van der Waals surface area (Å²) in [6, 6.07) is 3.55. The van der Waals surface area contributed by atoms with Crippen LogP contribution in [-0.4, -0.2) is 46.6 Å². The van der Waals surface area contributed by atoms with Gasteiger partial charge in [0.1, 0.15) is 6.61 Å². The first kappa shape index (κ1) is 17.6. The molecule has 0 amide bonds. The van der Waals surface area contributed by atoms with Crippen molar-refractivity contribution in [3.05, 3.63) is 17.7 Å². The highest BCUT2D eigenvalue weighted by atomic mass is 16.7. The molecule has 0 spiro atoms. The number of hydrogen-bond acceptors (Lipinski definition) is 6. The van der Waals surface area contributed by atoms with Gasteiger partial charge in [0.15, 0.2) is 23.6 Å². The monoisotopic (exact) mass is 324 g/mol. The van der Waals surface area contributed by atoms with Gasteiger partial charge in [-0.2, -0.15) is 0 Å². The molecular weight excluding hydrogens is 300 g/mol. The summed E-state index contributed by atoms with van der Waals surface area (Å²) in [5.74, 6) is 1.56. The maximum absolute atomic E-state index is 12.1. The summed E-state index contributed by atoms with van der Waals surface area (Å²) < 4.78 is 26.8. The molecule has 1 heterocycles. The molecule has 1 aromatic carbocycles. The molecule has 2 rings (SSSR count). The fraction of sp³-hybridized carbons (Fsp3) is 0.588. The minimum Gasteiger partial charge on any atom is -0.493 e. The van der Waals surface area contributed by atoms with Crippen LogP contribution < -0.4 is 14.2 Å². The maximum atomic E-state index is 12.1. The Labute approximate surface area is 136 Å². The van der Waals surface area contributed by atoms with Gasteiger partial charge in [-0.1, -0.05) is 0 Å². The second-order valence-corrected chi connectivity index (χ2v) is 5.36. The fourth-order valence-electron chi connectivity index (χ4n) is 2.54. The third-order valence-corrected chi connectivity index (χ3v) is 3.69. The molecule has 0 saturated carbocycles. The van der Waals surface area contributed by atoms with Crippen molar-refractivity contribution in [2.45, 2.75) is 32.0 Å². The van der Waals surface area contributed by atoms with Crippen molar-refractivity contribution < 1.29 is 28.5 Å². The molecule has 128 valence electrons. The zero-order valence-corrected chi connectivity index (χ0v) is 13.9. The maximum Gasteiger partial charge on any atom is 0.203 e. The molecule has 1 aromatic rings. The first-order valence-corrected chi connectivity index (χ1v) is 7.71. The Morgan fingerprint density at radius 3 is 2.35 bits per heavy atom. The molecule has 23 heavy (non-hydrogen) atoms. The Bertz CT molecular complexity index is 497. The van der Waals surface area contributed by atoms with Crippen LogP contribution in [0.3, 0.4) is 0 Å². The molecule has 0 radical (unpaired) electrons. The zero-order chi connectivity index (χ0) is 16.7. The van der Waals surface area contributed by atoms with Crippen LogP contribution in [-0.2, 0) is 20.7 Å². The quantitative estimate of drug-likeness (QED) is 0.731. The minimum absolute atomic E-state index is 0.0200. The standard InChI is InChI=1S/C17H24O6/c1-19-14-9-12(10-15(20-2)17(14)21-3)8-13(18)11-23-16-6-4-5-7-22-16/h9-10,16H,4-8,11H2,1-3H3. The summed E-state index contributed by atoms with van der Waals surface area (Å²) in [5.41, 5.74) is 0.790. The number of hydrogen-bond donors (Lipinski definition) is 0. The van der Waals surface area contributed by atoms with Crippen molar-refractivity contribution in [3.8, 4) is 17.2 Å². The van der Waals surface area contributed by atoms with Crippen LogP contribution in [0.25, 0.3) is 0 Å². The Hall–Kier alpha value is -1.79. The molecule has 6 heteroatoms. The Balaban J connectivity index is 1.96. The lowest BCUT2D eigenvalue weighted by molar-refractivity contribution is -0.168. The van der Waals surface area contributed by atoms with Gasteiger partial charge in [0, 0.05) is 13.0 Å². The van der Waals surface area contributed by atoms with Crippen LogP contribution in [0.1, 0.15) is 24.8 Å². The molecule has 0 N–H and O–H groups in total. The molecule has 0 aliphatic carbocycles. The van der Waals surface area contributed by atoms with Crippen LogP contribution in [0.4, 0.5) is 0 Å². The minimum atomic E-state index is -0.257. The number of Topliss-reactive ketones (excluding diaryl/α,β-unsaturated/α-hetero) is 1. The summed E-state index contributed by atoms with van der Waals surface area (Å²) in [6.07, 6.45) is 2.96. The van der Waals surface area contributed by atoms with E-state index >= 15 is 0 Å². The van der Waals surface area contributed by atoms with Gasteiger partial charge in [-0.3, -0.25) is 4.79 Å². The van der Waals surface area contributed by atoms with Crippen LogP contribution in [0.15, 0.2) is 12.1 Å². The van der Waals surface area contributed by atoms with E-state index in [1.807, 2.05) is 0 Å². The third-order valence-electron chi connectivity index (χ3n) is 3.69. The Morgan fingerprint density at radius 2 is 1.83 bits per heavy atom. The topological polar surface area (TPSA) is 63.2 Å². The summed E-state index contributed by atoms with van der Waals surface area (Å²) in [5, 5.41) is 0. The van der Waals surface area contributed by atoms with Gasteiger partial charge in [-0.05, 0) is 37.0 Å². The van der Waals surface area contributed by atoms with Gasteiger partial charge in [-0.15, -0.1) is 0 Å². The van der Waals surface area contributed by atoms with E-state index in [1.165, 1.54) is 0 Å². The van der Waals surface area contributed by atoms with Crippen molar-refractivity contribution in [1.82, 2.24) is 0 Å². The van der Waals surface area contributed by atoms with Gasteiger partial charge in [0.25, 0.3) is 0 Å². The lowest BCUT2D eigenvalue weighted by atomic mass is 10.1. The van der Waals surface area contributed by atoms with Gasteiger partial charge < -0.3 is 23.7 Å². The second-order valence-electron chi connectivity index (χ2n) is 5.36. The predicted molar refractivity (Wildman–Crippen MR) is 84.4 cm³/mol. The van der Waals surface area contributed by atoms with E-state index in [-0.39, 0.29) is 25.1 Å². The van der Waals surface area contributed by atoms with Gasteiger partial charge in [0.2, 0.25) is 5.75 Å². The van der Waals surface area contributed by atoms with E-state index in [1.54, 1.807) is 33.5 Å². The highest BCUT2D eigenvalue weighted by Gasteiger charge is 2.18. The van der Waals surface area contributed by atoms with Crippen LogP contribution in [0.2, 0.25) is 0 Å². The molecule has 1 unspecified atom stereocenters. The Morgan fingerprint density at radius 1 is 1.13 bits per heavy atom. The molecule has 1 fully saturated rings. The average molecular weight is 324 g/mol. The van der Waals surface area contributed by atoms with Crippen LogP contribution in [0, 0.1) is 0 Å². The number of ether oxygens (including phenoxy) is 5. The van der Waals surface area contributed by atoms with Crippen molar-refractivity contribution >= 4 is 5.78 Å². The molecule has 0 bridgehead atoms. The summed E-state index contributed by atoms with van der Waals surface area (Å²) in [4.78, 5) is 12.1. The lowest BCUT2D eigenvalue weighted by Crippen LogP contribution is -2.25. The number of methoxy groups -OCH3 is 3. The molecular formula is C17H24O6. The van der Waals surface area contributed by atoms with Crippen molar-refractivity contribution in [2.75, 3.05) is 34.5 Å². The van der Waals surface area contributed by atoms with E-state index in [9.17, 15) is 4.79 Å². The van der Waals surface area contributed by atoms with Crippen molar-refractivity contribution in [1.29, 1.82) is 0 Å². The molecule has 0 aromatic heterocycles. The van der Waals surface area contributed by atoms with Crippen LogP contribution in [0.5, 0.6) is 17.2 Å². The SMILES string of the molecule is COc1cc(CC(=O)COC2CCCCO2)cc(OC)c1OC. The first-order valence-electron chi connectivity index (χ1n) is 7.71. The van der Waals surface area contributed by atoms with Crippen molar-refractivity contribution in [2.24, 2.45) is 0 Å². The largest absolute Gasteiger partial charge is 0.493 e. The van der Waals surface area contributed by atoms with E-state index < -0.39 is 0 Å². The lowest BCUT2D eigenvalue weighted by Gasteiger charge is -2.22. The Kier molecular flexibility index (Phi) is 6.67. The summed E-state index contributed by atoms with van der Waals surface area (Å²) >= 11 is 0. The summed E-state index contributed by atoms with van der Waals surface area (Å²) in [7, 11) is 4.64. The van der Waals surface area contributed by atoms with E-state index in [4.69, 9.17) is 23.7 Å². The van der Waals surface area contributed by atoms with E-state index in [2.05, 4.69) is 0 Å².